The normalized spacial score (nSPS) is 26.2. The van der Waals surface area contributed by atoms with Crippen molar-refractivity contribution < 1.29 is 4.79 Å². The molecule has 4 unspecified atom stereocenters. The van der Waals surface area contributed by atoms with E-state index in [-0.39, 0.29) is 6.04 Å². The Morgan fingerprint density at radius 1 is 1.20 bits per heavy atom. The summed E-state index contributed by atoms with van der Waals surface area (Å²) in [7, 11) is 0. The number of benzene rings is 1. The topological polar surface area (TPSA) is 20.1 Å². The molecule has 0 amide bonds. The average molecular weight is 273 g/mol. The van der Waals surface area contributed by atoms with E-state index < -0.39 is 0 Å². The van der Waals surface area contributed by atoms with Crippen LogP contribution in [0.1, 0.15) is 63.2 Å². The van der Waals surface area contributed by atoms with Gasteiger partial charge in [0.05, 0.1) is 6.04 Å². The summed E-state index contributed by atoms with van der Waals surface area (Å²) in [5.74, 6) is 0.312. The zero-order valence-electron chi connectivity index (χ0n) is 13.0. The lowest BCUT2D eigenvalue weighted by Gasteiger charge is -2.11. The Kier molecular flexibility index (Phi) is 5.36. The van der Waals surface area contributed by atoms with E-state index >= 15 is 0 Å². The first-order chi connectivity index (χ1) is 9.70. The molecule has 1 heterocycles. The van der Waals surface area contributed by atoms with Crippen molar-refractivity contribution in [2.24, 2.45) is 0 Å². The van der Waals surface area contributed by atoms with E-state index in [9.17, 15) is 4.79 Å². The highest BCUT2D eigenvalue weighted by molar-refractivity contribution is 6.02. The fraction of sp³-hybridized carbons (Fsp3) is 0.611. The van der Waals surface area contributed by atoms with Crippen molar-refractivity contribution in [3.8, 4) is 0 Å². The molecule has 4 atom stereocenters. The van der Waals surface area contributed by atoms with Crippen LogP contribution in [0.25, 0.3) is 0 Å². The summed E-state index contributed by atoms with van der Waals surface area (Å²) in [5, 5.41) is 0. The van der Waals surface area contributed by atoms with Crippen LogP contribution in [0.5, 0.6) is 0 Å². The summed E-state index contributed by atoms with van der Waals surface area (Å²) in [6, 6.07) is 10.9. The van der Waals surface area contributed by atoms with Gasteiger partial charge in [-0.1, -0.05) is 63.4 Å². The maximum Gasteiger partial charge on any atom is 0.181 e. The van der Waals surface area contributed by atoms with Crippen LogP contribution in [0.4, 0.5) is 0 Å². The van der Waals surface area contributed by atoms with Gasteiger partial charge in [-0.15, -0.1) is 0 Å². The number of unbranched alkanes of at least 4 members (excludes halogenated alkanes) is 2. The summed E-state index contributed by atoms with van der Waals surface area (Å²) < 4.78 is 0. The van der Waals surface area contributed by atoms with Gasteiger partial charge in [0.25, 0.3) is 0 Å². The molecule has 2 heteroatoms. The Labute approximate surface area is 123 Å². The highest BCUT2D eigenvalue weighted by Crippen LogP contribution is 2.38. The minimum absolute atomic E-state index is 0.129. The van der Waals surface area contributed by atoms with Gasteiger partial charge in [0, 0.05) is 17.6 Å². The van der Waals surface area contributed by atoms with Crippen molar-refractivity contribution in [1.29, 1.82) is 0 Å². The smallest absolute Gasteiger partial charge is 0.181 e. The zero-order valence-corrected chi connectivity index (χ0v) is 13.0. The van der Waals surface area contributed by atoms with Crippen LogP contribution in [0.3, 0.4) is 0 Å². The van der Waals surface area contributed by atoms with E-state index in [1.54, 1.807) is 0 Å². The first kappa shape index (κ1) is 15.2. The van der Waals surface area contributed by atoms with Crippen LogP contribution in [0.15, 0.2) is 30.3 Å². The third kappa shape index (κ3) is 3.29. The van der Waals surface area contributed by atoms with Crippen molar-refractivity contribution in [3.63, 3.8) is 0 Å². The predicted molar refractivity (Wildman–Crippen MR) is 84.1 cm³/mol. The largest absolute Gasteiger partial charge is 0.292 e. The molecule has 1 saturated heterocycles. The van der Waals surface area contributed by atoms with Gasteiger partial charge in [0.1, 0.15) is 0 Å². The molecule has 0 radical (unpaired) electrons. The Morgan fingerprint density at radius 2 is 1.90 bits per heavy atom. The number of hydrogen-bond acceptors (Lipinski definition) is 2. The fourth-order valence-electron chi connectivity index (χ4n) is 3.10. The molecule has 1 aromatic rings. The molecule has 2 rings (SSSR count). The first-order valence-electron chi connectivity index (χ1n) is 8.07. The molecule has 0 bridgehead atoms. The number of hydrogen-bond donors (Lipinski definition) is 0. The summed E-state index contributed by atoms with van der Waals surface area (Å²) in [5.41, 5.74) is 0.865. The molecule has 0 saturated carbocycles. The lowest BCUT2D eigenvalue weighted by molar-refractivity contribution is 0.0968. The average Bonchev–Trinajstić information content (AvgIpc) is 3.21. The standard InChI is InChI=1S/C18H27NO/c1-4-6-8-13-16-17(19(16)14(3)5-2)18(20)15-11-9-7-10-12-15/h7,9-12,14,16-17H,4-6,8,13H2,1-3H3. The Bertz CT molecular complexity index is 428. The molecular formula is C18H27NO. The quantitative estimate of drug-likeness (QED) is 0.400. The number of carbonyl (C=O) groups excluding carboxylic acids is 1. The highest BCUT2D eigenvalue weighted by atomic mass is 16.1. The van der Waals surface area contributed by atoms with Gasteiger partial charge in [-0.25, -0.2) is 0 Å². The van der Waals surface area contributed by atoms with Crippen molar-refractivity contribution in [1.82, 2.24) is 4.90 Å². The van der Waals surface area contributed by atoms with Crippen molar-refractivity contribution in [2.45, 2.75) is 71.0 Å². The van der Waals surface area contributed by atoms with Gasteiger partial charge in [0.2, 0.25) is 0 Å². The number of rotatable bonds is 8. The van der Waals surface area contributed by atoms with Gasteiger partial charge < -0.3 is 0 Å². The fourth-order valence-corrected chi connectivity index (χ4v) is 3.10. The molecule has 110 valence electrons. The van der Waals surface area contributed by atoms with Crippen LogP contribution >= 0.6 is 0 Å². The second-order valence-electron chi connectivity index (χ2n) is 5.94. The van der Waals surface area contributed by atoms with Crippen molar-refractivity contribution in [3.05, 3.63) is 35.9 Å². The molecule has 0 spiro atoms. The van der Waals surface area contributed by atoms with Crippen LogP contribution < -0.4 is 0 Å². The summed E-state index contributed by atoms with van der Waals surface area (Å²) in [6.07, 6.45) is 6.04. The number of ketones is 1. The molecule has 0 N–H and O–H groups in total. The van der Waals surface area contributed by atoms with Crippen molar-refractivity contribution in [2.75, 3.05) is 0 Å². The van der Waals surface area contributed by atoms with Gasteiger partial charge in [-0.2, -0.15) is 0 Å². The lowest BCUT2D eigenvalue weighted by Crippen LogP contribution is -2.20. The molecular weight excluding hydrogens is 246 g/mol. The molecule has 0 aliphatic carbocycles. The van der Waals surface area contributed by atoms with Crippen LogP contribution in [-0.2, 0) is 0 Å². The third-order valence-corrected chi connectivity index (χ3v) is 4.51. The van der Waals surface area contributed by atoms with Crippen molar-refractivity contribution >= 4 is 5.78 Å². The van der Waals surface area contributed by atoms with E-state index in [4.69, 9.17) is 0 Å². The predicted octanol–water partition coefficient (Wildman–Crippen LogP) is 4.30. The van der Waals surface area contributed by atoms with Gasteiger partial charge in [-0.05, 0) is 19.8 Å². The molecule has 2 nitrogen and oxygen atoms in total. The van der Waals surface area contributed by atoms with Crippen LogP contribution in [0.2, 0.25) is 0 Å². The maximum atomic E-state index is 12.6. The van der Waals surface area contributed by atoms with E-state index in [0.717, 1.165) is 12.0 Å². The SMILES string of the molecule is CCCCCC1C(C(=O)c2ccccc2)N1C(C)CC. The summed E-state index contributed by atoms with van der Waals surface area (Å²) in [6.45, 7) is 6.67. The third-order valence-electron chi connectivity index (χ3n) is 4.51. The van der Waals surface area contributed by atoms with E-state index in [0.29, 0.717) is 17.9 Å². The Hall–Kier alpha value is -1.15. The zero-order chi connectivity index (χ0) is 14.5. The minimum Gasteiger partial charge on any atom is -0.292 e. The molecule has 0 aromatic heterocycles. The lowest BCUT2D eigenvalue weighted by atomic mass is 10.0. The summed E-state index contributed by atoms with van der Waals surface area (Å²) >= 11 is 0. The number of Topliss-reactive ketones (excluding diaryl/α,β-unsaturated/α-hetero) is 1. The summed E-state index contributed by atoms with van der Waals surface area (Å²) in [4.78, 5) is 15.1. The molecule has 1 fully saturated rings. The molecule has 20 heavy (non-hydrogen) atoms. The second kappa shape index (κ2) is 7.03. The van der Waals surface area contributed by atoms with Crippen LogP contribution in [-0.4, -0.2) is 28.8 Å². The van der Waals surface area contributed by atoms with Gasteiger partial charge in [-0.3, -0.25) is 9.69 Å². The molecule has 1 aromatic carbocycles. The first-order valence-corrected chi connectivity index (χ1v) is 8.07. The van der Waals surface area contributed by atoms with Crippen LogP contribution in [0, 0.1) is 0 Å². The van der Waals surface area contributed by atoms with E-state index in [2.05, 4.69) is 25.7 Å². The van der Waals surface area contributed by atoms with E-state index in [1.165, 1.54) is 25.7 Å². The van der Waals surface area contributed by atoms with E-state index in [1.807, 2.05) is 30.3 Å². The monoisotopic (exact) mass is 273 g/mol. The highest BCUT2D eigenvalue weighted by Gasteiger charge is 2.53. The minimum atomic E-state index is 0.129. The molecule has 1 aliphatic rings. The maximum absolute atomic E-state index is 12.6. The van der Waals surface area contributed by atoms with Gasteiger partial charge >= 0.3 is 0 Å². The Morgan fingerprint density at radius 3 is 2.50 bits per heavy atom. The number of nitrogens with zero attached hydrogens (tertiary/aromatic N) is 1. The Balaban J connectivity index is 2.02. The van der Waals surface area contributed by atoms with Gasteiger partial charge in [0.15, 0.2) is 5.78 Å². The number of carbonyl (C=O) groups is 1. The second-order valence-corrected chi connectivity index (χ2v) is 5.94. The molecule has 1 aliphatic heterocycles.